The summed E-state index contributed by atoms with van der Waals surface area (Å²) < 4.78 is 0. The molecule has 0 radical (unpaired) electrons. The van der Waals surface area contributed by atoms with Crippen molar-refractivity contribution in [2.24, 2.45) is 0 Å². The molecule has 1 amide bonds. The number of rotatable bonds is 3. The average molecular weight is 371 g/mol. The van der Waals surface area contributed by atoms with Gasteiger partial charge in [0.05, 0.1) is 5.52 Å². The zero-order valence-electron chi connectivity index (χ0n) is 15.9. The van der Waals surface area contributed by atoms with Crippen molar-refractivity contribution in [2.45, 2.75) is 50.4 Å². The molecule has 142 valence electrons. The summed E-state index contributed by atoms with van der Waals surface area (Å²) in [5, 5.41) is 4.52. The van der Waals surface area contributed by atoms with E-state index in [1.54, 1.807) is 0 Å². The standard InChI is InChI=1S/C24H25N3O/c28-24-13-5-12-22-21(26-24)15-23(17-7-2-1-3-8-17)27(22)16-18-9-4-11-20-19(18)10-6-14-25-20/h1-4,6-11,14,21-23H,5,12-13,15-16H2,(H,26,28)/t21-,22+,23+/m0/s1. The fourth-order valence-electron chi connectivity index (χ4n) is 5.00. The summed E-state index contributed by atoms with van der Waals surface area (Å²) in [5.74, 6) is 0.204. The predicted octanol–water partition coefficient (Wildman–Crippen LogP) is 4.22. The van der Waals surface area contributed by atoms with Crippen LogP contribution in [-0.2, 0) is 11.3 Å². The normalized spacial score (nSPS) is 25.3. The van der Waals surface area contributed by atoms with Crippen LogP contribution in [0.4, 0.5) is 0 Å². The van der Waals surface area contributed by atoms with E-state index in [0.29, 0.717) is 18.5 Å². The molecular weight excluding hydrogens is 346 g/mol. The largest absolute Gasteiger partial charge is 0.352 e. The molecule has 3 atom stereocenters. The minimum atomic E-state index is 0.204. The second-order valence-corrected chi connectivity index (χ2v) is 7.96. The van der Waals surface area contributed by atoms with E-state index >= 15 is 0 Å². The highest BCUT2D eigenvalue weighted by Crippen LogP contribution is 2.40. The van der Waals surface area contributed by atoms with Crippen molar-refractivity contribution < 1.29 is 4.79 Å². The van der Waals surface area contributed by atoms with Gasteiger partial charge < -0.3 is 5.32 Å². The van der Waals surface area contributed by atoms with Crippen molar-refractivity contribution in [3.8, 4) is 0 Å². The molecule has 0 saturated carbocycles. The maximum atomic E-state index is 12.2. The van der Waals surface area contributed by atoms with Gasteiger partial charge in [0.2, 0.25) is 5.91 Å². The van der Waals surface area contributed by atoms with E-state index in [4.69, 9.17) is 0 Å². The quantitative estimate of drug-likeness (QED) is 0.750. The van der Waals surface area contributed by atoms with Crippen LogP contribution in [0.1, 0.15) is 42.9 Å². The molecule has 0 unspecified atom stereocenters. The van der Waals surface area contributed by atoms with Crippen molar-refractivity contribution >= 4 is 16.8 Å². The van der Waals surface area contributed by atoms with Crippen LogP contribution in [0.15, 0.2) is 66.9 Å². The molecule has 3 aromatic rings. The maximum absolute atomic E-state index is 12.2. The maximum Gasteiger partial charge on any atom is 0.220 e. The Morgan fingerprint density at radius 3 is 2.82 bits per heavy atom. The van der Waals surface area contributed by atoms with E-state index in [0.717, 1.165) is 31.3 Å². The van der Waals surface area contributed by atoms with Gasteiger partial charge in [0.25, 0.3) is 0 Å². The molecule has 2 aliphatic heterocycles. The van der Waals surface area contributed by atoms with Crippen molar-refractivity contribution in [1.29, 1.82) is 0 Å². The molecule has 4 heteroatoms. The Bertz CT molecular complexity index is 982. The SMILES string of the molecule is O=C1CCC[C@@H]2[C@H](C[C@H](c3ccccc3)N2Cc2cccc3ncccc23)N1. The van der Waals surface area contributed by atoms with E-state index in [-0.39, 0.29) is 11.9 Å². The molecule has 4 nitrogen and oxygen atoms in total. The molecular formula is C24H25N3O. The fourth-order valence-corrected chi connectivity index (χ4v) is 5.00. The van der Waals surface area contributed by atoms with E-state index in [1.165, 1.54) is 16.5 Å². The first kappa shape index (κ1) is 17.4. The summed E-state index contributed by atoms with van der Waals surface area (Å²) >= 11 is 0. The second kappa shape index (κ2) is 7.36. The Morgan fingerprint density at radius 2 is 1.93 bits per heavy atom. The summed E-state index contributed by atoms with van der Waals surface area (Å²) in [7, 11) is 0. The number of carbonyl (C=O) groups excluding carboxylic acids is 1. The lowest BCUT2D eigenvalue weighted by Crippen LogP contribution is -2.42. The zero-order valence-corrected chi connectivity index (χ0v) is 15.9. The highest BCUT2D eigenvalue weighted by Gasteiger charge is 2.43. The van der Waals surface area contributed by atoms with E-state index in [1.807, 2.05) is 12.3 Å². The van der Waals surface area contributed by atoms with E-state index < -0.39 is 0 Å². The number of carbonyl (C=O) groups is 1. The molecule has 2 aromatic carbocycles. The number of aromatic nitrogens is 1. The van der Waals surface area contributed by atoms with Crippen LogP contribution in [0.5, 0.6) is 0 Å². The first-order valence-corrected chi connectivity index (χ1v) is 10.2. The van der Waals surface area contributed by atoms with Gasteiger partial charge in [-0.05, 0) is 42.5 Å². The van der Waals surface area contributed by atoms with Gasteiger partial charge in [-0.3, -0.25) is 14.7 Å². The Labute approximate surface area is 165 Å². The highest BCUT2D eigenvalue weighted by atomic mass is 16.1. The van der Waals surface area contributed by atoms with Gasteiger partial charge in [-0.25, -0.2) is 0 Å². The molecule has 28 heavy (non-hydrogen) atoms. The smallest absolute Gasteiger partial charge is 0.220 e. The monoisotopic (exact) mass is 371 g/mol. The first-order valence-electron chi connectivity index (χ1n) is 10.2. The van der Waals surface area contributed by atoms with Crippen molar-refractivity contribution in [3.63, 3.8) is 0 Å². The molecule has 5 rings (SSSR count). The predicted molar refractivity (Wildman–Crippen MR) is 111 cm³/mol. The van der Waals surface area contributed by atoms with Crippen LogP contribution < -0.4 is 5.32 Å². The minimum absolute atomic E-state index is 0.204. The number of hydrogen-bond acceptors (Lipinski definition) is 3. The molecule has 2 fully saturated rings. The summed E-state index contributed by atoms with van der Waals surface area (Å²) in [6.45, 7) is 0.875. The minimum Gasteiger partial charge on any atom is -0.352 e. The number of amides is 1. The lowest BCUT2D eigenvalue weighted by molar-refractivity contribution is -0.121. The molecule has 2 saturated heterocycles. The van der Waals surface area contributed by atoms with Crippen LogP contribution in [0.3, 0.4) is 0 Å². The van der Waals surface area contributed by atoms with Gasteiger partial charge in [-0.15, -0.1) is 0 Å². The van der Waals surface area contributed by atoms with Gasteiger partial charge >= 0.3 is 0 Å². The lowest BCUT2D eigenvalue weighted by Gasteiger charge is -2.31. The molecule has 1 aromatic heterocycles. The third-order valence-corrected chi connectivity index (χ3v) is 6.29. The fraction of sp³-hybridized carbons (Fsp3) is 0.333. The third kappa shape index (κ3) is 3.18. The summed E-state index contributed by atoms with van der Waals surface area (Å²) in [6, 6.07) is 22.2. The van der Waals surface area contributed by atoms with E-state index in [2.05, 4.69) is 69.8 Å². The van der Waals surface area contributed by atoms with Gasteiger partial charge in [-0.2, -0.15) is 0 Å². The third-order valence-electron chi connectivity index (χ3n) is 6.29. The molecule has 0 bridgehead atoms. The van der Waals surface area contributed by atoms with Crippen molar-refractivity contribution in [1.82, 2.24) is 15.2 Å². The Morgan fingerprint density at radius 1 is 1.04 bits per heavy atom. The molecule has 1 N–H and O–H groups in total. The van der Waals surface area contributed by atoms with Crippen LogP contribution in [-0.4, -0.2) is 27.9 Å². The first-order chi connectivity index (χ1) is 13.8. The lowest BCUT2D eigenvalue weighted by atomic mass is 10.0. The molecule has 0 spiro atoms. The van der Waals surface area contributed by atoms with Gasteiger partial charge in [-0.1, -0.05) is 48.5 Å². The topological polar surface area (TPSA) is 45.2 Å². The zero-order chi connectivity index (χ0) is 18.9. The summed E-state index contributed by atoms with van der Waals surface area (Å²) in [6.07, 6.45) is 5.50. The number of hydrogen-bond donors (Lipinski definition) is 1. The van der Waals surface area contributed by atoms with Crippen molar-refractivity contribution in [3.05, 3.63) is 78.0 Å². The Hall–Kier alpha value is -2.72. The summed E-state index contributed by atoms with van der Waals surface area (Å²) in [5.41, 5.74) is 3.69. The number of benzene rings is 2. The number of pyridine rings is 1. The summed E-state index contributed by atoms with van der Waals surface area (Å²) in [4.78, 5) is 19.3. The van der Waals surface area contributed by atoms with E-state index in [9.17, 15) is 4.79 Å². The number of fused-ring (bicyclic) bond motifs is 2. The molecule has 2 aliphatic rings. The number of nitrogens with one attached hydrogen (secondary N) is 1. The number of nitrogens with zero attached hydrogens (tertiary/aromatic N) is 2. The van der Waals surface area contributed by atoms with Gasteiger partial charge in [0, 0.05) is 42.7 Å². The van der Waals surface area contributed by atoms with Gasteiger partial charge in [0.1, 0.15) is 0 Å². The van der Waals surface area contributed by atoms with Crippen LogP contribution >= 0.6 is 0 Å². The van der Waals surface area contributed by atoms with Gasteiger partial charge in [0.15, 0.2) is 0 Å². The Kier molecular flexibility index (Phi) is 4.57. The second-order valence-electron chi connectivity index (χ2n) is 7.96. The number of likely N-dealkylation sites (tertiary alicyclic amines) is 1. The van der Waals surface area contributed by atoms with Crippen LogP contribution in [0.2, 0.25) is 0 Å². The van der Waals surface area contributed by atoms with Crippen molar-refractivity contribution in [2.75, 3.05) is 0 Å². The van der Waals surface area contributed by atoms with Crippen LogP contribution in [0.25, 0.3) is 10.9 Å². The van der Waals surface area contributed by atoms with Crippen LogP contribution in [0, 0.1) is 0 Å². The highest BCUT2D eigenvalue weighted by molar-refractivity contribution is 5.82. The molecule has 0 aliphatic carbocycles. The molecule has 3 heterocycles. The Balaban J connectivity index is 1.53. The average Bonchev–Trinajstić information content (AvgIpc) is 2.94.